The second-order valence-electron chi connectivity index (χ2n) is 2.93. The van der Waals surface area contributed by atoms with Crippen LogP contribution in [0.1, 0.15) is 26.7 Å². The molecule has 0 fully saturated rings. The summed E-state index contributed by atoms with van der Waals surface area (Å²) in [7, 11) is 0. The smallest absolute Gasteiger partial charge is 0 e. The van der Waals surface area contributed by atoms with Crippen molar-refractivity contribution in [3.05, 3.63) is 47.6 Å². The average Bonchev–Trinajstić information content (AvgIpc) is 2.63. The van der Waals surface area contributed by atoms with Gasteiger partial charge < -0.3 is 0 Å². The van der Waals surface area contributed by atoms with Gasteiger partial charge in [0.15, 0.2) is 0 Å². The van der Waals surface area contributed by atoms with Crippen LogP contribution in [0.2, 0.25) is 0 Å². The van der Waals surface area contributed by atoms with E-state index in [0.29, 0.717) is 0 Å². The van der Waals surface area contributed by atoms with E-state index in [1.54, 1.807) is 0 Å². The zero-order valence-corrected chi connectivity index (χ0v) is 23.7. The van der Waals surface area contributed by atoms with Crippen LogP contribution in [0.15, 0.2) is 35.5 Å². The van der Waals surface area contributed by atoms with Crippen molar-refractivity contribution in [2.45, 2.75) is 26.7 Å². The fraction of sp³-hybridized carbons (Fsp3) is 0.333. The summed E-state index contributed by atoms with van der Waals surface area (Å²) in [5, 5.41) is 0. The molecule has 0 aromatic heterocycles. The van der Waals surface area contributed by atoms with Gasteiger partial charge in [0.05, 0.1) is 0 Å². The van der Waals surface area contributed by atoms with E-state index in [9.17, 15) is 0 Å². The van der Waals surface area contributed by atoms with Crippen molar-refractivity contribution in [2.75, 3.05) is 0 Å². The van der Waals surface area contributed by atoms with Gasteiger partial charge >= 0.3 is 0 Å². The molecule has 2 rings (SSSR count). The van der Waals surface area contributed by atoms with Crippen molar-refractivity contribution in [1.29, 1.82) is 0 Å². The molecule has 0 saturated carbocycles. The second-order valence-corrected chi connectivity index (χ2v) is 2.93. The molecule has 0 bridgehead atoms. The molecule has 0 nitrogen and oxygen atoms in total. The number of halogens is 6. The molecule has 0 radical (unpaired) electrons. The largest absolute Gasteiger partial charge is 0.270 e. The first-order valence-electron chi connectivity index (χ1n) is 4.27. The minimum absolute atomic E-state index is 0. The minimum Gasteiger partial charge on any atom is -0.270 e. The first-order valence-corrected chi connectivity index (χ1v) is 4.27. The maximum Gasteiger partial charge on any atom is 0 e. The first kappa shape index (κ1) is 49.5. The van der Waals surface area contributed by atoms with Crippen LogP contribution in [0.4, 0.5) is 0 Å². The Balaban J connectivity index is -0.0000000171. The molecule has 0 aromatic rings. The van der Waals surface area contributed by atoms with Crippen LogP contribution < -0.4 is 0 Å². The third kappa shape index (κ3) is 29.1. The van der Waals surface area contributed by atoms with E-state index in [1.165, 1.54) is 11.1 Å². The van der Waals surface area contributed by atoms with Crippen LogP contribution in [0.25, 0.3) is 0 Å². The average molecular weight is 693 g/mol. The van der Waals surface area contributed by atoms with Crippen LogP contribution in [0.3, 0.4) is 0 Å². The zero-order valence-electron chi connectivity index (χ0n) is 11.2. The van der Waals surface area contributed by atoms with Gasteiger partial charge in [-0.25, -0.2) is 23.3 Å². The van der Waals surface area contributed by atoms with Crippen LogP contribution in [-0.4, -0.2) is 0 Å². The maximum atomic E-state index is 3.12. The van der Waals surface area contributed by atoms with E-state index in [4.69, 9.17) is 0 Å². The van der Waals surface area contributed by atoms with E-state index >= 15 is 0 Å². The molecule has 0 heterocycles. The van der Waals surface area contributed by atoms with E-state index < -0.39 is 0 Å². The Bertz CT molecular complexity index is 248. The van der Waals surface area contributed by atoms with Crippen LogP contribution in [0, 0.1) is 12.2 Å². The van der Waals surface area contributed by atoms with Gasteiger partial charge in [-0.05, 0) is 0 Å². The van der Waals surface area contributed by atoms with Gasteiger partial charge in [-0.15, -0.1) is 101 Å². The van der Waals surface area contributed by atoms with Crippen LogP contribution in [-0.2, 0) is 52.4 Å². The summed E-state index contributed by atoms with van der Waals surface area (Å²) in [6, 6.07) is 0. The van der Waals surface area contributed by atoms with Crippen molar-refractivity contribution >= 4 is 88.2 Å². The van der Waals surface area contributed by atoms with Crippen molar-refractivity contribution < 1.29 is 52.4 Å². The van der Waals surface area contributed by atoms with Gasteiger partial charge in [0.25, 0.3) is 0 Å². The van der Waals surface area contributed by atoms with Crippen molar-refractivity contribution in [2.24, 2.45) is 0 Å². The fourth-order valence-electron chi connectivity index (χ4n) is 1.03. The van der Waals surface area contributed by atoms with Crippen molar-refractivity contribution in [3.63, 3.8) is 0 Å². The Kier molecular flexibility index (Phi) is 83.1. The fourth-order valence-corrected chi connectivity index (χ4v) is 1.03. The summed E-state index contributed by atoms with van der Waals surface area (Å²) in [5.74, 6) is 0. The molecule has 0 amide bonds. The maximum absolute atomic E-state index is 3.12. The second kappa shape index (κ2) is 33.6. The Hall–Kier alpha value is 3.04. The molecule has 0 unspecified atom stereocenters. The summed E-state index contributed by atoms with van der Waals surface area (Å²) in [6.07, 6.45) is 16.7. The number of hydrogen-bond donors (Lipinski definition) is 0. The number of hydrogen-bond acceptors (Lipinski definition) is 0. The van der Waals surface area contributed by atoms with Crippen molar-refractivity contribution in [1.82, 2.24) is 0 Å². The monoisotopic (exact) mass is 686 g/mol. The minimum atomic E-state index is 0. The summed E-state index contributed by atoms with van der Waals surface area (Å²) < 4.78 is 0. The molecule has 0 atom stereocenters. The third-order valence-electron chi connectivity index (χ3n) is 1.73. The van der Waals surface area contributed by atoms with Crippen molar-refractivity contribution in [3.8, 4) is 0 Å². The van der Waals surface area contributed by atoms with Gasteiger partial charge in [-0.2, -0.15) is 12.2 Å². The summed E-state index contributed by atoms with van der Waals surface area (Å²) in [4.78, 5) is 0. The Labute approximate surface area is 211 Å². The molecule has 0 aromatic carbocycles. The Morgan fingerprint density at radius 2 is 0.950 bits per heavy atom. The molecular weight excluding hydrogens is 673 g/mol. The molecule has 0 saturated heterocycles. The van der Waals surface area contributed by atoms with E-state index in [-0.39, 0.29) is 141 Å². The van der Waals surface area contributed by atoms with E-state index in [1.807, 2.05) is 0 Å². The third-order valence-corrected chi connectivity index (χ3v) is 1.73. The molecular formula is C12H20Br3Cl3Zr2-2. The normalized spacial score (nSPS) is 11.1. The quantitative estimate of drug-likeness (QED) is 0.259. The van der Waals surface area contributed by atoms with Crippen LogP contribution >= 0.6 is 88.2 Å². The Morgan fingerprint density at radius 1 is 0.700 bits per heavy atom. The van der Waals surface area contributed by atoms with Gasteiger partial charge in [-0.3, -0.25) is 12.2 Å². The molecule has 0 N–H and O–H groups in total. The molecule has 2 aliphatic carbocycles. The van der Waals surface area contributed by atoms with E-state index in [0.717, 1.165) is 12.8 Å². The molecule has 20 heavy (non-hydrogen) atoms. The van der Waals surface area contributed by atoms with Gasteiger partial charge in [0.1, 0.15) is 0 Å². The SMILES string of the molecule is Br.Br.Br.CC1=[C-]CC=C1.CC1=[C-]CC=C1.Cl.Cl.Cl.[Zr].[Zr]. The summed E-state index contributed by atoms with van der Waals surface area (Å²) in [6.45, 7) is 4.12. The van der Waals surface area contributed by atoms with E-state index in [2.05, 4.69) is 50.3 Å². The number of rotatable bonds is 0. The summed E-state index contributed by atoms with van der Waals surface area (Å²) in [5.41, 5.74) is 2.55. The van der Waals surface area contributed by atoms with Gasteiger partial charge in [0, 0.05) is 52.4 Å². The Morgan fingerprint density at radius 3 is 1.00 bits per heavy atom. The predicted octanol–water partition coefficient (Wildman–Crippen LogP) is 6.39. The predicted molar refractivity (Wildman–Crippen MR) is 105 cm³/mol. The topological polar surface area (TPSA) is 0 Å². The van der Waals surface area contributed by atoms with Gasteiger partial charge in [-0.1, -0.05) is 13.8 Å². The molecule has 8 heteroatoms. The molecule has 2 aliphatic rings. The number of allylic oxidation sites excluding steroid dienone is 8. The summed E-state index contributed by atoms with van der Waals surface area (Å²) >= 11 is 0. The standard InChI is InChI=1S/2C6H7.3BrH.3ClH.2Zr/c2*1-6-4-2-3-5-6;;;;;;;;/h2*2,4H,3H2,1H3;6*1H;;/q2*-1;;;;;;;;. The van der Waals surface area contributed by atoms with Crippen LogP contribution in [0.5, 0.6) is 0 Å². The molecule has 0 aliphatic heterocycles. The molecule has 0 spiro atoms. The molecule has 120 valence electrons. The first-order chi connectivity index (χ1) is 5.79. The zero-order chi connectivity index (χ0) is 8.81. The van der Waals surface area contributed by atoms with Gasteiger partial charge in [0.2, 0.25) is 0 Å².